The maximum atomic E-state index is 12.5. The van der Waals surface area contributed by atoms with Crippen molar-refractivity contribution in [1.82, 2.24) is 0 Å². The number of alkyl halides is 2. The Kier molecular flexibility index (Phi) is 3.36. The topological polar surface area (TPSA) is 35.5 Å². The van der Waals surface area contributed by atoms with Crippen LogP contribution in [0.1, 0.15) is 6.92 Å². The molecule has 0 aromatic carbocycles. The summed E-state index contributed by atoms with van der Waals surface area (Å²) in [5, 5.41) is 0. The fraction of sp³-hybridized carbons (Fsp3) is 0.625. The minimum absolute atomic E-state index is 0.245. The van der Waals surface area contributed by atoms with Crippen LogP contribution in [-0.4, -0.2) is 31.2 Å². The SMILES string of the molecule is CC=CC(=O)OCC1OC(F)C1F. The van der Waals surface area contributed by atoms with Gasteiger partial charge in [-0.25, -0.2) is 13.6 Å². The number of carbonyl (C=O) groups is 1. The van der Waals surface area contributed by atoms with Crippen LogP contribution in [0.15, 0.2) is 12.2 Å². The highest BCUT2D eigenvalue weighted by atomic mass is 19.2. The maximum Gasteiger partial charge on any atom is 0.330 e. The Morgan fingerprint density at radius 3 is 2.77 bits per heavy atom. The minimum Gasteiger partial charge on any atom is -0.460 e. The van der Waals surface area contributed by atoms with Crippen LogP contribution >= 0.6 is 0 Å². The van der Waals surface area contributed by atoms with Gasteiger partial charge in [0.1, 0.15) is 12.7 Å². The van der Waals surface area contributed by atoms with Crippen molar-refractivity contribution in [2.75, 3.05) is 6.61 Å². The molecule has 1 fully saturated rings. The van der Waals surface area contributed by atoms with Crippen molar-refractivity contribution in [1.29, 1.82) is 0 Å². The van der Waals surface area contributed by atoms with Gasteiger partial charge in [-0.05, 0) is 6.92 Å². The van der Waals surface area contributed by atoms with Gasteiger partial charge >= 0.3 is 5.97 Å². The van der Waals surface area contributed by atoms with Crippen molar-refractivity contribution in [2.24, 2.45) is 0 Å². The first-order valence-corrected chi connectivity index (χ1v) is 3.88. The number of rotatable bonds is 3. The number of halogens is 2. The van der Waals surface area contributed by atoms with Gasteiger partial charge in [-0.15, -0.1) is 0 Å². The first kappa shape index (κ1) is 10.1. The van der Waals surface area contributed by atoms with Crippen LogP contribution in [0.3, 0.4) is 0 Å². The van der Waals surface area contributed by atoms with Crippen LogP contribution in [0.5, 0.6) is 0 Å². The van der Waals surface area contributed by atoms with E-state index in [1.807, 2.05) is 0 Å². The highest BCUT2D eigenvalue weighted by Crippen LogP contribution is 2.25. The molecule has 0 aromatic rings. The van der Waals surface area contributed by atoms with Crippen LogP contribution in [-0.2, 0) is 14.3 Å². The molecular formula is C8H10F2O3. The molecule has 3 nitrogen and oxygen atoms in total. The fourth-order valence-corrected chi connectivity index (χ4v) is 0.876. The predicted molar refractivity (Wildman–Crippen MR) is 40.4 cm³/mol. The normalized spacial score (nSPS) is 33.0. The summed E-state index contributed by atoms with van der Waals surface area (Å²) in [4.78, 5) is 10.7. The molecule has 0 saturated carbocycles. The third-order valence-electron chi connectivity index (χ3n) is 1.60. The smallest absolute Gasteiger partial charge is 0.330 e. The molecule has 0 spiro atoms. The summed E-state index contributed by atoms with van der Waals surface area (Å²) in [6.45, 7) is 1.40. The van der Waals surface area contributed by atoms with Gasteiger partial charge in [-0.2, -0.15) is 0 Å². The van der Waals surface area contributed by atoms with E-state index in [0.29, 0.717) is 0 Å². The summed E-state index contributed by atoms with van der Waals surface area (Å²) in [5.74, 6) is -0.583. The lowest BCUT2D eigenvalue weighted by molar-refractivity contribution is -0.258. The lowest BCUT2D eigenvalue weighted by atomic mass is 10.1. The summed E-state index contributed by atoms with van der Waals surface area (Å²) in [5.41, 5.74) is 0. The summed E-state index contributed by atoms with van der Waals surface area (Å²) >= 11 is 0. The molecule has 0 amide bonds. The molecule has 3 unspecified atom stereocenters. The van der Waals surface area contributed by atoms with Crippen LogP contribution in [0, 0.1) is 0 Å². The van der Waals surface area contributed by atoms with E-state index in [-0.39, 0.29) is 6.61 Å². The van der Waals surface area contributed by atoms with Gasteiger partial charge in [0.05, 0.1) is 0 Å². The molecule has 0 N–H and O–H groups in total. The average Bonchev–Trinajstić information content (AvgIpc) is 2.12. The number of esters is 1. The summed E-state index contributed by atoms with van der Waals surface area (Å²) in [6.07, 6.45) is -1.82. The number of hydrogen-bond acceptors (Lipinski definition) is 3. The first-order valence-electron chi connectivity index (χ1n) is 3.88. The maximum absolute atomic E-state index is 12.5. The third kappa shape index (κ3) is 2.48. The lowest BCUT2D eigenvalue weighted by Gasteiger charge is -2.33. The molecule has 74 valence electrons. The summed E-state index contributed by atoms with van der Waals surface area (Å²) in [6, 6.07) is 0. The molecule has 1 saturated heterocycles. The molecule has 1 rings (SSSR count). The Morgan fingerprint density at radius 1 is 1.62 bits per heavy atom. The van der Waals surface area contributed by atoms with E-state index in [1.54, 1.807) is 6.92 Å². The predicted octanol–water partition coefficient (Wildman–Crippen LogP) is 1.14. The van der Waals surface area contributed by atoms with Gasteiger partial charge in [-0.3, -0.25) is 0 Å². The Labute approximate surface area is 74.3 Å². The molecule has 0 radical (unpaired) electrons. The van der Waals surface area contributed by atoms with Gasteiger partial charge in [-0.1, -0.05) is 6.08 Å². The van der Waals surface area contributed by atoms with Crippen molar-refractivity contribution in [3.8, 4) is 0 Å². The number of ether oxygens (including phenoxy) is 2. The molecule has 0 aromatic heterocycles. The zero-order chi connectivity index (χ0) is 9.84. The Bertz CT molecular complexity index is 217. The Morgan fingerprint density at radius 2 is 2.31 bits per heavy atom. The van der Waals surface area contributed by atoms with Gasteiger partial charge in [0.15, 0.2) is 6.17 Å². The van der Waals surface area contributed by atoms with Crippen molar-refractivity contribution < 1.29 is 23.0 Å². The highest BCUT2D eigenvalue weighted by Gasteiger charge is 2.44. The Hall–Kier alpha value is -0.970. The minimum atomic E-state index is -1.87. The largest absolute Gasteiger partial charge is 0.460 e. The molecular weight excluding hydrogens is 182 g/mol. The van der Waals surface area contributed by atoms with Gasteiger partial charge < -0.3 is 9.47 Å². The van der Waals surface area contributed by atoms with E-state index in [4.69, 9.17) is 0 Å². The second kappa shape index (κ2) is 4.32. The molecule has 1 aliphatic heterocycles. The number of carbonyl (C=O) groups excluding carboxylic acids is 1. The van der Waals surface area contributed by atoms with Crippen molar-refractivity contribution in [3.05, 3.63) is 12.2 Å². The monoisotopic (exact) mass is 192 g/mol. The number of hydrogen-bond donors (Lipinski definition) is 0. The van der Waals surface area contributed by atoms with Crippen LogP contribution in [0.4, 0.5) is 8.78 Å². The number of allylic oxidation sites excluding steroid dienone is 1. The van der Waals surface area contributed by atoms with Gasteiger partial charge in [0.2, 0.25) is 6.36 Å². The van der Waals surface area contributed by atoms with Gasteiger partial charge in [0, 0.05) is 6.08 Å². The van der Waals surface area contributed by atoms with E-state index in [1.165, 1.54) is 12.2 Å². The zero-order valence-corrected chi connectivity index (χ0v) is 7.07. The first-order chi connectivity index (χ1) is 6.15. The van der Waals surface area contributed by atoms with E-state index >= 15 is 0 Å². The molecule has 13 heavy (non-hydrogen) atoms. The standard InChI is InChI=1S/C8H10F2O3/c1-2-3-6(11)12-4-5-7(9)8(10)13-5/h2-3,5,7-8H,4H2,1H3. The molecule has 1 heterocycles. The summed E-state index contributed by atoms with van der Waals surface area (Å²) < 4.78 is 33.5. The van der Waals surface area contributed by atoms with Gasteiger partial charge in [0.25, 0.3) is 0 Å². The molecule has 0 aliphatic carbocycles. The fourth-order valence-electron chi connectivity index (χ4n) is 0.876. The second-order valence-corrected chi connectivity index (χ2v) is 2.60. The van der Waals surface area contributed by atoms with E-state index in [0.717, 1.165) is 0 Å². The third-order valence-corrected chi connectivity index (χ3v) is 1.60. The molecule has 0 bridgehead atoms. The zero-order valence-electron chi connectivity index (χ0n) is 7.07. The quantitative estimate of drug-likeness (QED) is 0.496. The van der Waals surface area contributed by atoms with Crippen LogP contribution < -0.4 is 0 Å². The molecule has 5 heteroatoms. The Balaban J connectivity index is 2.17. The van der Waals surface area contributed by atoms with Crippen molar-refractivity contribution >= 4 is 5.97 Å². The van der Waals surface area contributed by atoms with Crippen molar-refractivity contribution in [2.45, 2.75) is 25.6 Å². The average molecular weight is 192 g/mol. The molecule has 3 atom stereocenters. The van der Waals surface area contributed by atoms with Crippen molar-refractivity contribution in [3.63, 3.8) is 0 Å². The molecule has 1 aliphatic rings. The second-order valence-electron chi connectivity index (χ2n) is 2.60. The summed E-state index contributed by atoms with van der Waals surface area (Å²) in [7, 11) is 0. The van der Waals surface area contributed by atoms with E-state index < -0.39 is 24.6 Å². The highest BCUT2D eigenvalue weighted by molar-refractivity contribution is 5.81. The van der Waals surface area contributed by atoms with Crippen LogP contribution in [0.25, 0.3) is 0 Å². The van der Waals surface area contributed by atoms with E-state index in [2.05, 4.69) is 9.47 Å². The lowest BCUT2D eigenvalue weighted by Crippen LogP contribution is -2.51. The van der Waals surface area contributed by atoms with Crippen LogP contribution in [0.2, 0.25) is 0 Å². The van der Waals surface area contributed by atoms with E-state index in [9.17, 15) is 13.6 Å².